The number of hydrogen-bond donors (Lipinski definition) is 2. The summed E-state index contributed by atoms with van der Waals surface area (Å²) in [6.45, 7) is 1.79. The second kappa shape index (κ2) is 5.99. The van der Waals surface area contributed by atoms with E-state index in [9.17, 15) is 15.0 Å². The number of aryl methyl sites for hydroxylation is 2. The Balaban J connectivity index is 2.32. The highest BCUT2D eigenvalue weighted by Gasteiger charge is 2.41. The summed E-state index contributed by atoms with van der Waals surface area (Å²) in [5, 5.41) is 20.6. The molecular weight excluding hydrogens is 312 g/mol. The van der Waals surface area contributed by atoms with Crippen molar-refractivity contribution in [3.8, 4) is 0 Å². The van der Waals surface area contributed by atoms with Crippen molar-refractivity contribution in [2.45, 2.75) is 31.6 Å². The fraction of sp³-hybridized carbons (Fsp3) is 0.316. The van der Waals surface area contributed by atoms with Crippen LogP contribution in [-0.4, -0.2) is 22.8 Å². The van der Waals surface area contributed by atoms with Crippen molar-refractivity contribution >= 4 is 17.6 Å². The van der Waals surface area contributed by atoms with E-state index >= 15 is 0 Å². The van der Waals surface area contributed by atoms with Crippen molar-refractivity contribution in [3.05, 3.63) is 69.2 Å². The number of carboxylic acids is 1. The highest BCUT2D eigenvalue weighted by atomic mass is 35.5. The van der Waals surface area contributed by atoms with Gasteiger partial charge in [0.1, 0.15) is 0 Å². The van der Waals surface area contributed by atoms with Crippen molar-refractivity contribution in [1.82, 2.24) is 0 Å². The largest absolute Gasteiger partial charge is 0.478 e. The maximum Gasteiger partial charge on any atom is 0.336 e. The highest BCUT2D eigenvalue weighted by molar-refractivity contribution is 6.30. The molecule has 2 aromatic carbocycles. The zero-order chi connectivity index (χ0) is 16.6. The maximum absolute atomic E-state index is 11.7. The molecule has 0 unspecified atom stereocenters. The zero-order valence-corrected chi connectivity index (χ0v) is 13.7. The summed E-state index contributed by atoms with van der Waals surface area (Å²) in [6.07, 6.45) is 2.51. The number of aliphatic hydroxyl groups excluding tert-OH is 1. The van der Waals surface area contributed by atoms with Gasteiger partial charge in [0.25, 0.3) is 0 Å². The summed E-state index contributed by atoms with van der Waals surface area (Å²) >= 11 is 6.12. The summed E-state index contributed by atoms with van der Waals surface area (Å²) in [5.74, 6) is -0.961. The predicted octanol–water partition coefficient (Wildman–Crippen LogP) is 3.96. The van der Waals surface area contributed by atoms with Crippen LogP contribution in [-0.2, 0) is 11.8 Å². The maximum atomic E-state index is 11.7. The molecule has 23 heavy (non-hydrogen) atoms. The molecule has 2 N–H and O–H groups in total. The van der Waals surface area contributed by atoms with E-state index in [1.165, 1.54) is 0 Å². The third-order valence-electron chi connectivity index (χ3n) is 4.88. The van der Waals surface area contributed by atoms with Gasteiger partial charge in [-0.1, -0.05) is 29.8 Å². The first-order valence-corrected chi connectivity index (χ1v) is 8.10. The summed E-state index contributed by atoms with van der Waals surface area (Å²) in [7, 11) is 0. The van der Waals surface area contributed by atoms with Crippen LogP contribution in [0.4, 0.5) is 0 Å². The first-order chi connectivity index (χ1) is 11.0. The fourth-order valence-corrected chi connectivity index (χ4v) is 4.13. The molecule has 1 aliphatic carbocycles. The van der Waals surface area contributed by atoms with Crippen LogP contribution >= 0.6 is 11.6 Å². The fourth-order valence-electron chi connectivity index (χ4n) is 3.94. The van der Waals surface area contributed by atoms with Crippen LogP contribution in [0.1, 0.15) is 45.5 Å². The van der Waals surface area contributed by atoms with Crippen molar-refractivity contribution in [3.63, 3.8) is 0 Å². The molecule has 0 bridgehead atoms. The van der Waals surface area contributed by atoms with Gasteiger partial charge < -0.3 is 10.2 Å². The number of fused-ring (bicyclic) bond motifs is 1. The lowest BCUT2D eigenvalue weighted by molar-refractivity contribution is 0.0692. The van der Waals surface area contributed by atoms with Crippen molar-refractivity contribution < 1.29 is 15.0 Å². The molecule has 120 valence electrons. The monoisotopic (exact) mass is 330 g/mol. The lowest BCUT2D eigenvalue weighted by Gasteiger charge is -2.40. The molecule has 0 saturated carbocycles. The Morgan fingerprint density at radius 1 is 1.30 bits per heavy atom. The van der Waals surface area contributed by atoms with E-state index in [0.717, 1.165) is 41.5 Å². The first-order valence-electron chi connectivity index (χ1n) is 7.73. The molecular formula is C19H19ClO3. The van der Waals surface area contributed by atoms with Gasteiger partial charge in [-0.2, -0.15) is 0 Å². The van der Waals surface area contributed by atoms with Crippen molar-refractivity contribution in [2.75, 3.05) is 6.61 Å². The van der Waals surface area contributed by atoms with Gasteiger partial charge in [0.2, 0.25) is 0 Å². The second-order valence-corrected chi connectivity index (χ2v) is 6.63. The van der Waals surface area contributed by atoms with Crippen LogP contribution in [0.3, 0.4) is 0 Å². The molecule has 0 radical (unpaired) electrons. The summed E-state index contributed by atoms with van der Waals surface area (Å²) in [6, 6.07) is 11.0. The molecule has 0 aliphatic heterocycles. The Morgan fingerprint density at radius 2 is 2.09 bits per heavy atom. The third kappa shape index (κ3) is 2.54. The average molecular weight is 331 g/mol. The number of hydrogen-bond acceptors (Lipinski definition) is 2. The first kappa shape index (κ1) is 16.0. The molecule has 4 heteroatoms. The molecule has 0 heterocycles. The molecule has 1 atom stereocenters. The van der Waals surface area contributed by atoms with Crippen molar-refractivity contribution in [1.29, 1.82) is 0 Å². The van der Waals surface area contributed by atoms with Gasteiger partial charge in [-0.05, 0) is 66.6 Å². The Morgan fingerprint density at radius 3 is 2.78 bits per heavy atom. The molecule has 1 aliphatic rings. The molecule has 0 saturated heterocycles. The van der Waals surface area contributed by atoms with Crippen molar-refractivity contribution in [2.24, 2.45) is 0 Å². The van der Waals surface area contributed by atoms with Crippen LogP contribution in [0, 0.1) is 6.92 Å². The SMILES string of the molecule is Cc1cccc(C(=O)O)c1[C@@]1(CO)CCCc2cc(Cl)ccc21. The zero-order valence-electron chi connectivity index (χ0n) is 13.0. The van der Waals surface area contributed by atoms with E-state index in [-0.39, 0.29) is 12.2 Å². The minimum Gasteiger partial charge on any atom is -0.478 e. The number of aromatic carboxylic acids is 1. The van der Waals surface area contributed by atoms with Gasteiger partial charge in [-0.25, -0.2) is 4.79 Å². The van der Waals surface area contributed by atoms with E-state index < -0.39 is 11.4 Å². The van der Waals surface area contributed by atoms with Crippen LogP contribution in [0.5, 0.6) is 0 Å². The summed E-state index contributed by atoms with van der Waals surface area (Å²) in [5.41, 5.74) is 3.28. The van der Waals surface area contributed by atoms with E-state index in [1.807, 2.05) is 31.2 Å². The van der Waals surface area contributed by atoms with E-state index in [1.54, 1.807) is 12.1 Å². The van der Waals surface area contributed by atoms with E-state index in [2.05, 4.69) is 0 Å². The predicted molar refractivity (Wildman–Crippen MR) is 90.4 cm³/mol. The number of benzene rings is 2. The van der Waals surface area contributed by atoms with Gasteiger partial charge in [-0.3, -0.25) is 0 Å². The normalized spacial score (nSPS) is 20.1. The number of halogens is 1. The van der Waals surface area contributed by atoms with Crippen LogP contribution in [0.15, 0.2) is 36.4 Å². The molecule has 0 aromatic heterocycles. The standard InChI is InChI=1S/C19H19ClO3/c1-12-4-2-6-15(18(22)23)17(12)19(11-21)9-3-5-13-10-14(20)7-8-16(13)19/h2,4,6-8,10,21H,3,5,9,11H2,1H3,(H,22,23)/t19-/m1/s1. The van der Waals surface area contributed by atoms with Crippen LogP contribution < -0.4 is 0 Å². The average Bonchev–Trinajstić information content (AvgIpc) is 2.53. The smallest absolute Gasteiger partial charge is 0.336 e. The van der Waals surface area contributed by atoms with Gasteiger partial charge in [0, 0.05) is 10.4 Å². The number of rotatable bonds is 3. The van der Waals surface area contributed by atoms with Gasteiger partial charge >= 0.3 is 5.97 Å². The molecule has 0 amide bonds. The minimum atomic E-state index is -0.961. The molecule has 0 fully saturated rings. The van der Waals surface area contributed by atoms with Gasteiger partial charge in [0.05, 0.1) is 12.2 Å². The van der Waals surface area contributed by atoms with Crippen LogP contribution in [0.25, 0.3) is 0 Å². The number of aliphatic hydroxyl groups is 1. The molecule has 3 rings (SSSR count). The Kier molecular flexibility index (Phi) is 4.17. The van der Waals surface area contributed by atoms with Gasteiger partial charge in [-0.15, -0.1) is 0 Å². The topological polar surface area (TPSA) is 57.5 Å². The minimum absolute atomic E-state index is 0.118. The Bertz CT molecular complexity index is 769. The summed E-state index contributed by atoms with van der Waals surface area (Å²) in [4.78, 5) is 11.7. The Hall–Kier alpha value is -1.84. The quantitative estimate of drug-likeness (QED) is 0.895. The number of carbonyl (C=O) groups is 1. The van der Waals surface area contributed by atoms with Crippen LogP contribution in [0.2, 0.25) is 5.02 Å². The second-order valence-electron chi connectivity index (χ2n) is 6.20. The summed E-state index contributed by atoms with van der Waals surface area (Å²) < 4.78 is 0. The third-order valence-corrected chi connectivity index (χ3v) is 5.12. The van der Waals surface area contributed by atoms with E-state index in [4.69, 9.17) is 11.6 Å². The Labute approximate surface area is 140 Å². The highest BCUT2D eigenvalue weighted by Crippen LogP contribution is 2.45. The number of carboxylic acid groups (broad SMARTS) is 1. The molecule has 2 aromatic rings. The molecule has 3 nitrogen and oxygen atoms in total. The lowest BCUT2D eigenvalue weighted by atomic mass is 9.64. The van der Waals surface area contributed by atoms with Gasteiger partial charge in [0.15, 0.2) is 0 Å². The van der Waals surface area contributed by atoms with E-state index in [0.29, 0.717) is 5.02 Å². The lowest BCUT2D eigenvalue weighted by Crippen LogP contribution is -2.38. The molecule has 0 spiro atoms.